The van der Waals surface area contributed by atoms with E-state index in [1.807, 2.05) is 0 Å². The van der Waals surface area contributed by atoms with Crippen molar-refractivity contribution in [2.75, 3.05) is 7.11 Å². The summed E-state index contributed by atoms with van der Waals surface area (Å²) in [6.07, 6.45) is -4.32. The molecule has 1 aliphatic carbocycles. The predicted molar refractivity (Wildman–Crippen MR) is 66.9 cm³/mol. The summed E-state index contributed by atoms with van der Waals surface area (Å²) in [6, 6.07) is 3.14. The van der Waals surface area contributed by atoms with Gasteiger partial charge in [0.15, 0.2) is 5.65 Å². The van der Waals surface area contributed by atoms with E-state index < -0.39 is 11.7 Å². The van der Waals surface area contributed by atoms with Crippen molar-refractivity contribution >= 4 is 22.8 Å². The first-order valence-corrected chi connectivity index (χ1v) is 6.52. The standard InChI is InChI=1S/C12H11ClF3N3O/c1-20-9-3-2-7-10(18-9)19(8(6-13)17-7)11(4-5-11)12(14,15)16/h2-3H,4-6H2,1H3. The number of nitrogens with zero attached hydrogens (tertiary/aromatic N) is 3. The number of pyridine rings is 1. The van der Waals surface area contributed by atoms with Gasteiger partial charge in [-0.15, -0.1) is 11.6 Å². The van der Waals surface area contributed by atoms with Gasteiger partial charge < -0.3 is 4.74 Å². The van der Waals surface area contributed by atoms with Crippen molar-refractivity contribution < 1.29 is 17.9 Å². The summed E-state index contributed by atoms with van der Waals surface area (Å²) < 4.78 is 46.1. The summed E-state index contributed by atoms with van der Waals surface area (Å²) in [5.74, 6) is 0.325. The molecule has 0 saturated heterocycles. The Morgan fingerprint density at radius 2 is 2.05 bits per heavy atom. The van der Waals surface area contributed by atoms with E-state index in [9.17, 15) is 13.2 Å². The smallest absolute Gasteiger partial charge is 0.412 e. The molecule has 8 heteroatoms. The highest BCUT2D eigenvalue weighted by Gasteiger charge is 2.66. The summed E-state index contributed by atoms with van der Waals surface area (Å²) in [7, 11) is 1.41. The number of halogens is 4. The average Bonchev–Trinajstić information content (AvgIpc) is 3.13. The molecule has 0 N–H and O–H groups in total. The Morgan fingerprint density at radius 3 is 2.55 bits per heavy atom. The number of alkyl halides is 4. The van der Waals surface area contributed by atoms with Gasteiger partial charge in [-0.3, -0.25) is 4.57 Å². The summed E-state index contributed by atoms with van der Waals surface area (Å²) in [4.78, 5) is 8.24. The van der Waals surface area contributed by atoms with Gasteiger partial charge >= 0.3 is 6.18 Å². The van der Waals surface area contributed by atoms with E-state index in [4.69, 9.17) is 16.3 Å². The fourth-order valence-corrected chi connectivity index (χ4v) is 2.57. The Labute approximate surface area is 117 Å². The number of hydrogen-bond acceptors (Lipinski definition) is 3. The lowest BCUT2D eigenvalue weighted by atomic mass is 10.2. The maximum Gasteiger partial charge on any atom is 0.412 e. The molecule has 108 valence electrons. The Bertz CT molecular complexity index is 664. The first kappa shape index (κ1) is 13.5. The molecule has 3 rings (SSSR count). The SMILES string of the molecule is COc1ccc2nc(CCl)n(C3(C(F)(F)F)CC3)c2n1. The fraction of sp³-hybridized carbons (Fsp3) is 0.500. The lowest BCUT2D eigenvalue weighted by Gasteiger charge is -2.23. The second-order valence-electron chi connectivity index (χ2n) is 4.72. The minimum absolute atomic E-state index is 0.0186. The molecular formula is C12H11ClF3N3O. The maximum atomic E-state index is 13.3. The van der Waals surface area contributed by atoms with Crippen LogP contribution in [-0.2, 0) is 11.4 Å². The first-order valence-electron chi connectivity index (χ1n) is 5.98. The van der Waals surface area contributed by atoms with Gasteiger partial charge in [0.05, 0.1) is 13.0 Å². The van der Waals surface area contributed by atoms with Gasteiger partial charge in [0.2, 0.25) is 5.88 Å². The molecule has 0 bridgehead atoms. The largest absolute Gasteiger partial charge is 0.481 e. The van der Waals surface area contributed by atoms with Crippen LogP contribution < -0.4 is 4.74 Å². The molecule has 1 aliphatic rings. The molecule has 0 spiro atoms. The van der Waals surface area contributed by atoms with Crippen LogP contribution in [0.3, 0.4) is 0 Å². The number of imidazole rings is 1. The van der Waals surface area contributed by atoms with Crippen LogP contribution in [-0.4, -0.2) is 27.8 Å². The van der Waals surface area contributed by atoms with E-state index >= 15 is 0 Å². The summed E-state index contributed by atoms with van der Waals surface area (Å²) in [6.45, 7) is 0. The number of fused-ring (bicyclic) bond motifs is 1. The Hall–Kier alpha value is -1.50. The van der Waals surface area contributed by atoms with Gasteiger partial charge in [-0.1, -0.05) is 0 Å². The minimum Gasteiger partial charge on any atom is -0.481 e. The molecule has 2 aromatic rings. The number of rotatable bonds is 3. The van der Waals surface area contributed by atoms with Crippen molar-refractivity contribution in [3.63, 3.8) is 0 Å². The molecular weight excluding hydrogens is 295 g/mol. The van der Waals surface area contributed by atoms with Crippen molar-refractivity contribution in [3.05, 3.63) is 18.0 Å². The molecule has 0 amide bonds. The number of methoxy groups -OCH3 is 1. The third-order valence-electron chi connectivity index (χ3n) is 3.56. The summed E-state index contributed by atoms with van der Waals surface area (Å²) in [5.41, 5.74) is -1.38. The first-order chi connectivity index (χ1) is 9.43. The second-order valence-corrected chi connectivity index (χ2v) is 4.99. The fourth-order valence-electron chi connectivity index (χ4n) is 2.39. The molecule has 4 nitrogen and oxygen atoms in total. The molecule has 0 unspecified atom stereocenters. The quantitative estimate of drug-likeness (QED) is 0.817. The number of ether oxygens (including phenoxy) is 1. The van der Waals surface area contributed by atoms with Crippen LogP contribution in [0.1, 0.15) is 18.7 Å². The van der Waals surface area contributed by atoms with E-state index in [0.717, 1.165) is 4.57 Å². The third-order valence-corrected chi connectivity index (χ3v) is 3.80. The van der Waals surface area contributed by atoms with Crippen molar-refractivity contribution in [2.24, 2.45) is 0 Å². The zero-order valence-corrected chi connectivity index (χ0v) is 11.3. The zero-order chi connectivity index (χ0) is 14.5. The van der Waals surface area contributed by atoms with E-state index in [2.05, 4.69) is 9.97 Å². The van der Waals surface area contributed by atoms with Gasteiger partial charge in [0.25, 0.3) is 0 Å². The van der Waals surface area contributed by atoms with Gasteiger partial charge in [0.1, 0.15) is 16.9 Å². The Kier molecular flexibility index (Phi) is 2.86. The average molecular weight is 306 g/mol. The van der Waals surface area contributed by atoms with Crippen LogP contribution in [0, 0.1) is 0 Å². The van der Waals surface area contributed by atoms with Crippen LogP contribution in [0.4, 0.5) is 13.2 Å². The highest BCUT2D eigenvalue weighted by Crippen LogP contribution is 2.56. The molecule has 20 heavy (non-hydrogen) atoms. The lowest BCUT2D eigenvalue weighted by Crippen LogP contribution is -2.36. The van der Waals surface area contributed by atoms with Gasteiger partial charge in [-0.25, -0.2) is 4.98 Å². The van der Waals surface area contributed by atoms with Crippen molar-refractivity contribution in [1.29, 1.82) is 0 Å². The van der Waals surface area contributed by atoms with Crippen molar-refractivity contribution in [1.82, 2.24) is 14.5 Å². The van der Waals surface area contributed by atoms with Crippen molar-refractivity contribution in [3.8, 4) is 5.88 Å². The molecule has 2 heterocycles. The topological polar surface area (TPSA) is 39.9 Å². The molecule has 2 aromatic heterocycles. The molecule has 0 radical (unpaired) electrons. The van der Waals surface area contributed by atoms with Crippen LogP contribution >= 0.6 is 11.6 Å². The molecule has 0 aliphatic heterocycles. The third kappa shape index (κ3) is 1.76. The normalized spacial score (nSPS) is 17.4. The van der Waals surface area contributed by atoms with Gasteiger partial charge in [-0.2, -0.15) is 18.2 Å². The van der Waals surface area contributed by atoms with Gasteiger partial charge in [-0.05, 0) is 18.9 Å². The highest BCUT2D eigenvalue weighted by molar-refractivity contribution is 6.16. The predicted octanol–water partition coefficient (Wildman–Crippen LogP) is 3.23. The Balaban J connectivity index is 2.28. The van der Waals surface area contributed by atoms with Crippen LogP contribution in [0.5, 0.6) is 5.88 Å². The number of aromatic nitrogens is 3. The molecule has 0 aromatic carbocycles. The van der Waals surface area contributed by atoms with E-state index in [-0.39, 0.29) is 36.1 Å². The zero-order valence-electron chi connectivity index (χ0n) is 10.5. The lowest BCUT2D eigenvalue weighted by molar-refractivity contribution is -0.179. The van der Waals surface area contributed by atoms with E-state index in [0.29, 0.717) is 5.52 Å². The highest BCUT2D eigenvalue weighted by atomic mass is 35.5. The Morgan fingerprint density at radius 1 is 1.35 bits per heavy atom. The van der Waals surface area contributed by atoms with Crippen LogP contribution in [0.15, 0.2) is 12.1 Å². The monoisotopic (exact) mass is 305 g/mol. The van der Waals surface area contributed by atoms with Gasteiger partial charge in [0, 0.05) is 6.07 Å². The molecule has 0 atom stereocenters. The summed E-state index contributed by atoms with van der Waals surface area (Å²) in [5, 5.41) is 0. The van der Waals surface area contributed by atoms with Crippen LogP contribution in [0.25, 0.3) is 11.2 Å². The van der Waals surface area contributed by atoms with Crippen molar-refractivity contribution in [2.45, 2.75) is 30.4 Å². The minimum atomic E-state index is -4.35. The summed E-state index contributed by atoms with van der Waals surface area (Å²) >= 11 is 5.75. The molecule has 1 saturated carbocycles. The second kappa shape index (κ2) is 4.25. The molecule has 1 fully saturated rings. The maximum absolute atomic E-state index is 13.3. The number of hydrogen-bond donors (Lipinski definition) is 0. The van der Waals surface area contributed by atoms with E-state index in [1.165, 1.54) is 7.11 Å². The van der Waals surface area contributed by atoms with E-state index in [1.54, 1.807) is 12.1 Å². The van der Waals surface area contributed by atoms with Crippen LogP contribution in [0.2, 0.25) is 0 Å².